The Hall–Kier alpha value is -2.61. The largest absolute Gasteiger partial charge is 0.348 e. The fourth-order valence-electron chi connectivity index (χ4n) is 3.30. The zero-order chi connectivity index (χ0) is 23.1. The van der Waals surface area contributed by atoms with Gasteiger partial charge in [0.1, 0.15) is 6.04 Å². The SMILES string of the molecule is CSc1ccc([C@H](C)NC(=O)[C@H](Cc2ccccc2)NS(=O)(=O)c2ccc(C)cc2)cc1. The quantitative estimate of drug-likeness (QED) is 0.454. The van der Waals surface area contributed by atoms with Gasteiger partial charge in [-0.15, -0.1) is 11.8 Å². The number of sulfonamides is 1. The molecule has 0 radical (unpaired) electrons. The molecule has 2 N–H and O–H groups in total. The van der Waals surface area contributed by atoms with E-state index in [2.05, 4.69) is 10.0 Å². The third-order valence-corrected chi connectivity index (χ3v) is 7.43. The molecule has 0 aliphatic rings. The Labute approximate surface area is 194 Å². The fourth-order valence-corrected chi connectivity index (χ4v) is 4.90. The zero-order valence-corrected chi connectivity index (χ0v) is 20.0. The molecule has 0 saturated heterocycles. The van der Waals surface area contributed by atoms with Crippen LogP contribution in [0.1, 0.15) is 29.7 Å². The van der Waals surface area contributed by atoms with Crippen LogP contribution >= 0.6 is 11.8 Å². The lowest BCUT2D eigenvalue weighted by molar-refractivity contribution is -0.123. The van der Waals surface area contributed by atoms with Crippen LogP contribution in [0, 0.1) is 6.92 Å². The van der Waals surface area contributed by atoms with Crippen molar-refractivity contribution < 1.29 is 13.2 Å². The number of carbonyl (C=O) groups is 1. The smallest absolute Gasteiger partial charge is 0.241 e. The highest BCUT2D eigenvalue weighted by Gasteiger charge is 2.27. The van der Waals surface area contributed by atoms with Gasteiger partial charge in [-0.05, 0) is 61.9 Å². The standard InChI is InChI=1S/C25H28N2O3S2/c1-18-9-15-23(16-10-18)32(29,30)27-24(17-20-7-5-4-6-8-20)25(28)26-19(2)21-11-13-22(31-3)14-12-21/h4-16,19,24,27H,17H2,1-3H3,(H,26,28)/t19-,24-/m0/s1. The Morgan fingerprint density at radius 2 is 1.56 bits per heavy atom. The van der Waals surface area contributed by atoms with Gasteiger partial charge in [0.05, 0.1) is 10.9 Å². The average Bonchev–Trinajstić information content (AvgIpc) is 2.79. The fraction of sp³-hybridized carbons (Fsp3) is 0.240. The third-order valence-electron chi connectivity index (χ3n) is 5.20. The predicted molar refractivity (Wildman–Crippen MR) is 130 cm³/mol. The van der Waals surface area contributed by atoms with Crippen molar-refractivity contribution in [2.75, 3.05) is 6.26 Å². The molecule has 0 heterocycles. The van der Waals surface area contributed by atoms with E-state index >= 15 is 0 Å². The molecule has 0 aliphatic carbocycles. The maximum absolute atomic E-state index is 13.2. The first-order valence-corrected chi connectivity index (χ1v) is 13.1. The lowest BCUT2D eigenvalue weighted by Gasteiger charge is -2.22. The molecule has 3 rings (SSSR count). The van der Waals surface area contributed by atoms with Crippen LogP contribution in [0.3, 0.4) is 0 Å². The highest BCUT2D eigenvalue weighted by Crippen LogP contribution is 2.19. The van der Waals surface area contributed by atoms with Crippen molar-refractivity contribution in [3.05, 3.63) is 95.6 Å². The Morgan fingerprint density at radius 3 is 2.16 bits per heavy atom. The van der Waals surface area contributed by atoms with Crippen LogP contribution in [-0.2, 0) is 21.2 Å². The average molecular weight is 469 g/mol. The molecule has 0 fully saturated rings. The minimum atomic E-state index is -3.86. The highest BCUT2D eigenvalue weighted by atomic mass is 32.2. The van der Waals surface area contributed by atoms with E-state index in [-0.39, 0.29) is 23.3 Å². The normalized spacial score (nSPS) is 13.3. The van der Waals surface area contributed by atoms with Crippen molar-refractivity contribution >= 4 is 27.7 Å². The van der Waals surface area contributed by atoms with E-state index in [1.54, 1.807) is 36.0 Å². The van der Waals surface area contributed by atoms with Crippen molar-refractivity contribution in [2.45, 2.75) is 42.1 Å². The van der Waals surface area contributed by atoms with Crippen molar-refractivity contribution in [1.29, 1.82) is 0 Å². The second-order valence-corrected chi connectivity index (χ2v) is 10.3. The number of carbonyl (C=O) groups excluding carboxylic acids is 1. The molecule has 7 heteroatoms. The van der Waals surface area contributed by atoms with Crippen LogP contribution in [0.5, 0.6) is 0 Å². The van der Waals surface area contributed by atoms with Crippen molar-refractivity contribution in [3.63, 3.8) is 0 Å². The van der Waals surface area contributed by atoms with E-state index in [0.29, 0.717) is 0 Å². The molecular weight excluding hydrogens is 440 g/mol. The molecule has 0 spiro atoms. The molecule has 3 aromatic rings. The predicted octanol–water partition coefficient (Wildman–Crippen LogP) is 4.48. The third kappa shape index (κ3) is 6.45. The minimum Gasteiger partial charge on any atom is -0.348 e. The Bertz CT molecular complexity index is 1130. The lowest BCUT2D eigenvalue weighted by Crippen LogP contribution is -2.48. The van der Waals surface area contributed by atoms with Gasteiger partial charge in [0, 0.05) is 4.90 Å². The minimum absolute atomic E-state index is 0.134. The van der Waals surface area contributed by atoms with Gasteiger partial charge in [0.25, 0.3) is 0 Å². The van der Waals surface area contributed by atoms with Crippen LogP contribution in [0.4, 0.5) is 0 Å². The molecule has 0 saturated carbocycles. The number of aryl methyl sites for hydroxylation is 1. The number of thioether (sulfide) groups is 1. The summed E-state index contributed by atoms with van der Waals surface area (Å²) in [6, 6.07) is 22.7. The van der Waals surface area contributed by atoms with Crippen LogP contribution < -0.4 is 10.0 Å². The summed E-state index contributed by atoms with van der Waals surface area (Å²) in [4.78, 5) is 14.4. The van der Waals surface area contributed by atoms with Crippen LogP contribution in [-0.4, -0.2) is 26.6 Å². The van der Waals surface area contributed by atoms with E-state index in [1.165, 1.54) is 0 Å². The monoisotopic (exact) mass is 468 g/mol. The summed E-state index contributed by atoms with van der Waals surface area (Å²) in [6.45, 7) is 3.78. The van der Waals surface area contributed by atoms with Crippen molar-refractivity contribution in [1.82, 2.24) is 10.0 Å². The van der Waals surface area contributed by atoms with Gasteiger partial charge >= 0.3 is 0 Å². The summed E-state index contributed by atoms with van der Waals surface area (Å²) in [5.41, 5.74) is 2.79. The number of hydrogen-bond acceptors (Lipinski definition) is 4. The van der Waals surface area contributed by atoms with Gasteiger partial charge in [-0.25, -0.2) is 8.42 Å². The summed E-state index contributed by atoms with van der Waals surface area (Å²) < 4.78 is 28.6. The van der Waals surface area contributed by atoms with E-state index in [4.69, 9.17) is 0 Å². The van der Waals surface area contributed by atoms with E-state index < -0.39 is 16.1 Å². The Kier molecular flexibility index (Phi) is 8.12. The summed E-state index contributed by atoms with van der Waals surface area (Å²) >= 11 is 1.65. The van der Waals surface area contributed by atoms with Gasteiger partial charge in [0.15, 0.2) is 0 Å². The summed E-state index contributed by atoms with van der Waals surface area (Å²) in [6.07, 6.45) is 2.25. The molecule has 5 nitrogen and oxygen atoms in total. The van der Waals surface area contributed by atoms with Crippen LogP contribution in [0.15, 0.2) is 88.7 Å². The first-order chi connectivity index (χ1) is 15.3. The second kappa shape index (κ2) is 10.8. The molecule has 0 aromatic heterocycles. The van der Waals surface area contributed by atoms with Crippen molar-refractivity contribution in [3.8, 4) is 0 Å². The number of amides is 1. The number of rotatable bonds is 9. The molecule has 3 aromatic carbocycles. The molecule has 0 unspecified atom stereocenters. The Morgan fingerprint density at radius 1 is 0.938 bits per heavy atom. The van der Waals surface area contributed by atoms with Crippen LogP contribution in [0.2, 0.25) is 0 Å². The van der Waals surface area contributed by atoms with Gasteiger partial charge < -0.3 is 5.32 Å². The topological polar surface area (TPSA) is 75.3 Å². The van der Waals surface area contributed by atoms with E-state index in [0.717, 1.165) is 21.6 Å². The summed E-state index contributed by atoms with van der Waals surface area (Å²) in [5.74, 6) is -0.369. The molecule has 0 aliphatic heterocycles. The summed E-state index contributed by atoms with van der Waals surface area (Å²) in [5, 5.41) is 2.96. The molecule has 0 bridgehead atoms. The van der Waals surface area contributed by atoms with Gasteiger partial charge in [0.2, 0.25) is 15.9 Å². The highest BCUT2D eigenvalue weighted by molar-refractivity contribution is 7.98. The zero-order valence-electron chi connectivity index (χ0n) is 18.4. The maximum Gasteiger partial charge on any atom is 0.241 e. The van der Waals surface area contributed by atoms with E-state index in [1.807, 2.05) is 74.7 Å². The van der Waals surface area contributed by atoms with Gasteiger partial charge in [-0.3, -0.25) is 4.79 Å². The molecule has 32 heavy (non-hydrogen) atoms. The first kappa shape index (κ1) is 24.0. The van der Waals surface area contributed by atoms with Crippen molar-refractivity contribution in [2.24, 2.45) is 0 Å². The van der Waals surface area contributed by atoms with Gasteiger partial charge in [-0.2, -0.15) is 4.72 Å². The maximum atomic E-state index is 13.2. The van der Waals surface area contributed by atoms with Gasteiger partial charge in [-0.1, -0.05) is 60.2 Å². The number of nitrogens with one attached hydrogen (secondary N) is 2. The number of hydrogen-bond donors (Lipinski definition) is 2. The lowest BCUT2D eigenvalue weighted by atomic mass is 10.0. The molecule has 1 amide bonds. The van der Waals surface area contributed by atoms with E-state index in [9.17, 15) is 13.2 Å². The first-order valence-electron chi connectivity index (χ1n) is 10.4. The second-order valence-electron chi connectivity index (χ2n) is 7.68. The summed E-state index contributed by atoms with van der Waals surface area (Å²) in [7, 11) is -3.86. The molecule has 2 atom stereocenters. The Balaban J connectivity index is 1.81. The molecular formula is C25H28N2O3S2. The van der Waals surface area contributed by atoms with Crippen LogP contribution in [0.25, 0.3) is 0 Å². The molecule has 168 valence electrons. The number of benzene rings is 3.